The molecule has 8 heteroatoms. The van der Waals surface area contributed by atoms with Crippen LogP contribution in [0.2, 0.25) is 0 Å². The second-order valence-corrected chi connectivity index (χ2v) is 11.2. The molecule has 1 atom stereocenters. The van der Waals surface area contributed by atoms with Crippen molar-refractivity contribution in [1.82, 2.24) is 14.1 Å². The zero-order valence-corrected chi connectivity index (χ0v) is 19.6. The maximum Gasteiger partial charge on any atom is 0.243 e. The summed E-state index contributed by atoms with van der Waals surface area (Å²) in [7, 11) is -3.69. The van der Waals surface area contributed by atoms with Crippen LogP contribution >= 0.6 is 0 Å². The lowest BCUT2D eigenvalue weighted by Crippen LogP contribution is -2.55. The van der Waals surface area contributed by atoms with Gasteiger partial charge in [0.1, 0.15) is 6.04 Å². The standard InChI is InChI=1S/C24H35N3O4S/c28-23(14-13-20-8-3-1-4-9-20)25-16-18-26(19-17-25)24(29)22-12-7-15-27(22)32(30,31)21-10-5-2-6-11-21/h2,5-6,10-11,20,22H,1,3-4,7-9,12-19H2. The molecule has 0 N–H and O–H groups in total. The van der Waals surface area contributed by atoms with E-state index in [0.29, 0.717) is 57.9 Å². The predicted octanol–water partition coefficient (Wildman–Crippen LogP) is 2.87. The molecule has 7 nitrogen and oxygen atoms in total. The highest BCUT2D eigenvalue weighted by atomic mass is 32.2. The lowest BCUT2D eigenvalue weighted by Gasteiger charge is -2.37. The van der Waals surface area contributed by atoms with Crippen LogP contribution in [0.4, 0.5) is 0 Å². The SMILES string of the molecule is O=C(CCC1CCCCC1)N1CCN(C(=O)C2CCCN2S(=O)(=O)c2ccccc2)CC1. The molecule has 0 aromatic heterocycles. The third kappa shape index (κ3) is 5.17. The smallest absolute Gasteiger partial charge is 0.243 e. The van der Waals surface area contributed by atoms with Crippen molar-refractivity contribution < 1.29 is 18.0 Å². The monoisotopic (exact) mass is 461 g/mol. The Bertz CT molecular complexity index is 891. The highest BCUT2D eigenvalue weighted by Crippen LogP contribution is 2.29. The molecule has 0 spiro atoms. The molecular weight excluding hydrogens is 426 g/mol. The molecule has 2 saturated heterocycles. The molecule has 0 bridgehead atoms. The topological polar surface area (TPSA) is 78.0 Å². The van der Waals surface area contributed by atoms with E-state index in [9.17, 15) is 18.0 Å². The Kier molecular flexibility index (Phi) is 7.51. The van der Waals surface area contributed by atoms with Crippen LogP contribution < -0.4 is 0 Å². The molecular formula is C24H35N3O4S. The highest BCUT2D eigenvalue weighted by molar-refractivity contribution is 7.89. The number of sulfonamides is 1. The zero-order chi connectivity index (χ0) is 22.6. The van der Waals surface area contributed by atoms with Gasteiger partial charge in [0.25, 0.3) is 0 Å². The van der Waals surface area contributed by atoms with Crippen molar-refractivity contribution in [2.24, 2.45) is 5.92 Å². The van der Waals surface area contributed by atoms with Crippen LogP contribution in [0.15, 0.2) is 35.2 Å². The maximum absolute atomic E-state index is 13.2. The summed E-state index contributed by atoms with van der Waals surface area (Å²) in [6.45, 7) is 2.39. The number of rotatable bonds is 6. The summed E-state index contributed by atoms with van der Waals surface area (Å²) in [4.78, 5) is 29.7. The van der Waals surface area contributed by atoms with Crippen LogP contribution in [0, 0.1) is 5.92 Å². The van der Waals surface area contributed by atoms with Gasteiger partial charge in [-0.25, -0.2) is 8.42 Å². The Morgan fingerprint density at radius 1 is 0.812 bits per heavy atom. The molecule has 1 aromatic rings. The number of piperazine rings is 1. The average molecular weight is 462 g/mol. The Morgan fingerprint density at radius 3 is 2.16 bits per heavy atom. The predicted molar refractivity (Wildman–Crippen MR) is 122 cm³/mol. The number of hydrogen-bond acceptors (Lipinski definition) is 4. The van der Waals surface area contributed by atoms with E-state index in [4.69, 9.17) is 0 Å². The first-order valence-electron chi connectivity index (χ1n) is 12.1. The third-order valence-electron chi connectivity index (χ3n) is 7.27. The number of carbonyl (C=O) groups is 2. The van der Waals surface area contributed by atoms with Gasteiger partial charge in [-0.05, 0) is 37.3 Å². The second kappa shape index (κ2) is 10.3. The molecule has 2 heterocycles. The Morgan fingerprint density at radius 2 is 1.47 bits per heavy atom. The van der Waals surface area contributed by atoms with Crippen molar-refractivity contribution in [2.75, 3.05) is 32.7 Å². The summed E-state index contributed by atoms with van der Waals surface area (Å²) < 4.78 is 27.5. The molecule has 4 rings (SSSR count). The minimum atomic E-state index is -3.69. The summed E-state index contributed by atoms with van der Waals surface area (Å²) >= 11 is 0. The Balaban J connectivity index is 1.30. The molecule has 3 fully saturated rings. The normalized spacial score (nSPS) is 23.4. The molecule has 176 valence electrons. The molecule has 0 radical (unpaired) electrons. The van der Waals surface area contributed by atoms with Gasteiger partial charge in [-0.3, -0.25) is 9.59 Å². The summed E-state index contributed by atoms with van der Waals surface area (Å²) in [5.41, 5.74) is 0. The van der Waals surface area contributed by atoms with Crippen LogP contribution in [-0.4, -0.2) is 73.1 Å². The van der Waals surface area contributed by atoms with Gasteiger partial charge in [0.15, 0.2) is 0 Å². The highest BCUT2D eigenvalue weighted by Gasteiger charge is 2.41. The van der Waals surface area contributed by atoms with Crippen LogP contribution in [0.5, 0.6) is 0 Å². The van der Waals surface area contributed by atoms with Crippen molar-refractivity contribution in [1.29, 1.82) is 0 Å². The van der Waals surface area contributed by atoms with Crippen molar-refractivity contribution >= 4 is 21.8 Å². The maximum atomic E-state index is 13.2. The van der Waals surface area contributed by atoms with Gasteiger partial charge < -0.3 is 9.80 Å². The van der Waals surface area contributed by atoms with E-state index in [-0.39, 0.29) is 16.7 Å². The molecule has 1 unspecified atom stereocenters. The van der Waals surface area contributed by atoms with Crippen molar-refractivity contribution in [2.45, 2.75) is 68.7 Å². The van der Waals surface area contributed by atoms with E-state index in [2.05, 4.69) is 0 Å². The molecule has 1 saturated carbocycles. The van der Waals surface area contributed by atoms with Gasteiger partial charge in [-0.2, -0.15) is 4.31 Å². The summed E-state index contributed by atoms with van der Waals surface area (Å²) in [5, 5.41) is 0. The van der Waals surface area contributed by atoms with Crippen LogP contribution in [0.1, 0.15) is 57.8 Å². The largest absolute Gasteiger partial charge is 0.339 e. The zero-order valence-electron chi connectivity index (χ0n) is 18.8. The number of nitrogens with zero attached hydrogens (tertiary/aromatic N) is 3. The fourth-order valence-electron chi connectivity index (χ4n) is 5.35. The van der Waals surface area contributed by atoms with E-state index in [0.717, 1.165) is 6.42 Å². The van der Waals surface area contributed by atoms with Crippen LogP contribution in [0.25, 0.3) is 0 Å². The van der Waals surface area contributed by atoms with E-state index in [1.165, 1.54) is 36.4 Å². The number of hydrogen-bond donors (Lipinski definition) is 0. The fourth-order valence-corrected chi connectivity index (χ4v) is 7.02. The van der Waals surface area contributed by atoms with Gasteiger partial charge in [0, 0.05) is 39.1 Å². The second-order valence-electron chi connectivity index (χ2n) is 9.34. The van der Waals surface area contributed by atoms with Gasteiger partial charge >= 0.3 is 0 Å². The first-order valence-corrected chi connectivity index (χ1v) is 13.5. The van der Waals surface area contributed by atoms with Gasteiger partial charge in [0.05, 0.1) is 4.90 Å². The number of carbonyl (C=O) groups excluding carboxylic acids is 2. The van der Waals surface area contributed by atoms with Crippen LogP contribution in [-0.2, 0) is 19.6 Å². The number of benzene rings is 1. The summed E-state index contributed by atoms with van der Waals surface area (Å²) in [6.07, 6.45) is 9.21. The van der Waals surface area contributed by atoms with Gasteiger partial charge in [0.2, 0.25) is 21.8 Å². The number of amides is 2. The van der Waals surface area contributed by atoms with E-state index in [1.807, 2.05) is 4.90 Å². The Labute approximate surface area is 191 Å². The molecule has 2 aliphatic heterocycles. The van der Waals surface area contributed by atoms with Crippen molar-refractivity contribution in [3.63, 3.8) is 0 Å². The first kappa shape index (κ1) is 23.2. The molecule has 1 aromatic carbocycles. The van der Waals surface area contributed by atoms with Crippen molar-refractivity contribution in [3.8, 4) is 0 Å². The molecule has 3 aliphatic rings. The van der Waals surface area contributed by atoms with Gasteiger partial charge in [-0.1, -0.05) is 50.3 Å². The minimum absolute atomic E-state index is 0.128. The fraction of sp³-hybridized carbons (Fsp3) is 0.667. The lowest BCUT2D eigenvalue weighted by molar-refractivity contribution is -0.141. The van der Waals surface area contributed by atoms with E-state index in [1.54, 1.807) is 35.2 Å². The summed E-state index contributed by atoms with van der Waals surface area (Å²) in [5.74, 6) is 0.753. The van der Waals surface area contributed by atoms with Crippen LogP contribution in [0.3, 0.4) is 0 Å². The third-order valence-corrected chi connectivity index (χ3v) is 9.20. The minimum Gasteiger partial charge on any atom is -0.339 e. The Hall–Kier alpha value is -1.93. The van der Waals surface area contributed by atoms with Crippen molar-refractivity contribution in [3.05, 3.63) is 30.3 Å². The average Bonchev–Trinajstić information content (AvgIpc) is 3.34. The summed E-state index contributed by atoms with van der Waals surface area (Å²) in [6, 6.07) is 7.68. The molecule has 1 aliphatic carbocycles. The lowest BCUT2D eigenvalue weighted by atomic mass is 9.86. The first-order chi connectivity index (χ1) is 15.5. The quantitative estimate of drug-likeness (QED) is 0.653. The molecule has 2 amide bonds. The van der Waals surface area contributed by atoms with E-state index >= 15 is 0 Å². The van der Waals surface area contributed by atoms with Gasteiger partial charge in [-0.15, -0.1) is 0 Å². The van der Waals surface area contributed by atoms with E-state index < -0.39 is 16.1 Å². The molecule has 32 heavy (non-hydrogen) atoms.